The molecule has 2 aliphatic rings. The van der Waals surface area contributed by atoms with Gasteiger partial charge in [-0.3, -0.25) is 4.79 Å². The lowest BCUT2D eigenvalue weighted by atomic mass is 9.89. The number of fused-ring (bicyclic) bond motifs is 3. The van der Waals surface area contributed by atoms with Gasteiger partial charge < -0.3 is 15.0 Å². The van der Waals surface area contributed by atoms with Crippen molar-refractivity contribution in [2.24, 2.45) is 0 Å². The molecule has 5 heteroatoms. The largest absolute Gasteiger partial charge is 0.444 e. The molecule has 3 rings (SSSR count). The van der Waals surface area contributed by atoms with Gasteiger partial charge in [-0.25, -0.2) is 4.79 Å². The summed E-state index contributed by atoms with van der Waals surface area (Å²) in [5.74, 6) is 0.299. The summed E-state index contributed by atoms with van der Waals surface area (Å²) in [7, 11) is 0. The standard InChI is InChI=1S/C19H26N2O3/c1-12(22)20-14-7-8-15-13(10-14)11-17-16(15)6-5-9-21(17)18(23)24-19(2,3)4/h7-8,10,16-17H,5-6,9,11H2,1-4H3,(H,20,22). The third-order valence-corrected chi connectivity index (χ3v) is 4.70. The average Bonchev–Trinajstić information content (AvgIpc) is 2.82. The Morgan fingerprint density at radius 1 is 1.29 bits per heavy atom. The summed E-state index contributed by atoms with van der Waals surface area (Å²) in [6, 6.07) is 6.26. The van der Waals surface area contributed by atoms with Gasteiger partial charge in [0.05, 0.1) is 0 Å². The number of carbonyl (C=O) groups excluding carboxylic acids is 2. The average molecular weight is 330 g/mol. The molecule has 2 atom stereocenters. The number of nitrogens with zero attached hydrogens (tertiary/aromatic N) is 1. The van der Waals surface area contributed by atoms with E-state index in [1.54, 1.807) is 0 Å². The molecule has 2 amide bonds. The lowest BCUT2D eigenvalue weighted by molar-refractivity contribution is -0.114. The molecular weight excluding hydrogens is 304 g/mol. The number of hydrogen-bond acceptors (Lipinski definition) is 3. The van der Waals surface area contributed by atoms with E-state index in [1.807, 2.05) is 37.8 Å². The van der Waals surface area contributed by atoms with Gasteiger partial charge in [0.25, 0.3) is 0 Å². The number of nitrogens with one attached hydrogen (secondary N) is 1. The zero-order valence-electron chi connectivity index (χ0n) is 14.9. The van der Waals surface area contributed by atoms with Gasteiger partial charge in [0.1, 0.15) is 5.60 Å². The Labute approximate surface area is 143 Å². The molecule has 130 valence electrons. The minimum atomic E-state index is -0.478. The van der Waals surface area contributed by atoms with Crippen molar-refractivity contribution in [3.05, 3.63) is 29.3 Å². The van der Waals surface area contributed by atoms with Gasteiger partial charge in [0.15, 0.2) is 0 Å². The van der Waals surface area contributed by atoms with E-state index in [0.717, 1.165) is 31.5 Å². The van der Waals surface area contributed by atoms with Crippen molar-refractivity contribution in [2.75, 3.05) is 11.9 Å². The van der Waals surface area contributed by atoms with Crippen molar-refractivity contribution in [2.45, 2.75) is 64.5 Å². The fraction of sp³-hybridized carbons (Fsp3) is 0.579. The first kappa shape index (κ1) is 16.8. The number of benzene rings is 1. The Bertz CT molecular complexity index is 663. The number of hydrogen-bond donors (Lipinski definition) is 1. The van der Waals surface area contributed by atoms with E-state index < -0.39 is 5.60 Å². The van der Waals surface area contributed by atoms with Gasteiger partial charge in [0, 0.05) is 31.1 Å². The third kappa shape index (κ3) is 3.40. The fourth-order valence-corrected chi connectivity index (χ4v) is 3.87. The fourth-order valence-electron chi connectivity index (χ4n) is 3.87. The molecule has 1 aliphatic heterocycles. The van der Waals surface area contributed by atoms with Crippen LogP contribution in [0.25, 0.3) is 0 Å². The number of ether oxygens (including phenoxy) is 1. The first-order valence-corrected chi connectivity index (χ1v) is 8.64. The zero-order valence-corrected chi connectivity index (χ0v) is 14.9. The van der Waals surface area contributed by atoms with Crippen LogP contribution in [0.4, 0.5) is 10.5 Å². The Kier molecular flexibility index (Phi) is 4.28. The van der Waals surface area contributed by atoms with Crippen LogP contribution in [-0.2, 0) is 16.0 Å². The van der Waals surface area contributed by atoms with E-state index in [4.69, 9.17) is 4.74 Å². The molecule has 0 bridgehead atoms. The van der Waals surface area contributed by atoms with E-state index in [-0.39, 0.29) is 18.0 Å². The van der Waals surface area contributed by atoms with Gasteiger partial charge in [0.2, 0.25) is 5.91 Å². The summed E-state index contributed by atoms with van der Waals surface area (Å²) in [4.78, 5) is 25.7. The van der Waals surface area contributed by atoms with E-state index in [1.165, 1.54) is 18.1 Å². The first-order valence-electron chi connectivity index (χ1n) is 8.64. The van der Waals surface area contributed by atoms with E-state index in [0.29, 0.717) is 5.92 Å². The minimum Gasteiger partial charge on any atom is -0.444 e. The van der Waals surface area contributed by atoms with Gasteiger partial charge in [-0.05, 0) is 63.3 Å². The first-order chi connectivity index (χ1) is 11.2. The Balaban J connectivity index is 1.81. The Morgan fingerprint density at radius 2 is 2.04 bits per heavy atom. The van der Waals surface area contributed by atoms with Crippen LogP contribution in [0.3, 0.4) is 0 Å². The normalized spacial score (nSPS) is 22.6. The zero-order chi connectivity index (χ0) is 17.5. The summed E-state index contributed by atoms with van der Waals surface area (Å²) in [5, 5.41) is 2.84. The van der Waals surface area contributed by atoms with Crippen LogP contribution in [0.2, 0.25) is 0 Å². The second-order valence-corrected chi connectivity index (χ2v) is 7.79. The quantitative estimate of drug-likeness (QED) is 0.854. The smallest absolute Gasteiger partial charge is 0.410 e. The van der Waals surface area contributed by atoms with Crippen molar-refractivity contribution < 1.29 is 14.3 Å². The van der Waals surface area contributed by atoms with Crippen molar-refractivity contribution in [3.8, 4) is 0 Å². The number of amides is 2. The van der Waals surface area contributed by atoms with Gasteiger partial charge >= 0.3 is 6.09 Å². The van der Waals surface area contributed by atoms with Crippen molar-refractivity contribution >= 4 is 17.7 Å². The minimum absolute atomic E-state index is 0.0688. The molecule has 2 unspecified atom stereocenters. The SMILES string of the molecule is CC(=O)Nc1ccc2c(c1)CC1C2CCCN1C(=O)OC(C)(C)C. The summed E-state index contributed by atoms with van der Waals surface area (Å²) in [6.07, 6.45) is 2.70. The summed E-state index contributed by atoms with van der Waals surface area (Å²) in [5.41, 5.74) is 2.88. The highest BCUT2D eigenvalue weighted by molar-refractivity contribution is 5.88. The van der Waals surface area contributed by atoms with Gasteiger partial charge in [-0.2, -0.15) is 0 Å². The highest BCUT2D eigenvalue weighted by atomic mass is 16.6. The molecule has 1 heterocycles. The molecule has 1 aliphatic carbocycles. The predicted octanol–water partition coefficient (Wildman–Crippen LogP) is 3.68. The second-order valence-electron chi connectivity index (χ2n) is 7.79. The molecule has 0 radical (unpaired) electrons. The van der Waals surface area contributed by atoms with Crippen molar-refractivity contribution in [3.63, 3.8) is 0 Å². The van der Waals surface area contributed by atoms with Crippen LogP contribution in [0.5, 0.6) is 0 Å². The van der Waals surface area contributed by atoms with Crippen LogP contribution in [0.1, 0.15) is 57.6 Å². The molecule has 5 nitrogen and oxygen atoms in total. The van der Waals surface area contributed by atoms with Gasteiger partial charge in [-0.1, -0.05) is 6.07 Å². The van der Waals surface area contributed by atoms with E-state index >= 15 is 0 Å². The van der Waals surface area contributed by atoms with Gasteiger partial charge in [-0.15, -0.1) is 0 Å². The predicted molar refractivity (Wildman–Crippen MR) is 93.2 cm³/mol. The second kappa shape index (κ2) is 6.11. The van der Waals surface area contributed by atoms with Crippen LogP contribution in [0.15, 0.2) is 18.2 Å². The maximum atomic E-state index is 12.6. The lowest BCUT2D eigenvalue weighted by Crippen LogP contribution is -2.48. The molecule has 1 aromatic carbocycles. The van der Waals surface area contributed by atoms with Crippen molar-refractivity contribution in [1.82, 2.24) is 4.90 Å². The summed E-state index contributed by atoms with van der Waals surface area (Å²) in [6.45, 7) is 7.96. The topological polar surface area (TPSA) is 58.6 Å². The Morgan fingerprint density at radius 3 is 2.71 bits per heavy atom. The molecule has 1 N–H and O–H groups in total. The number of rotatable bonds is 1. The van der Waals surface area contributed by atoms with Crippen LogP contribution in [0, 0.1) is 0 Å². The molecule has 1 saturated heterocycles. The number of anilines is 1. The maximum absolute atomic E-state index is 12.6. The van der Waals surface area contributed by atoms with Crippen molar-refractivity contribution in [1.29, 1.82) is 0 Å². The number of likely N-dealkylation sites (tertiary alicyclic amines) is 1. The van der Waals surface area contributed by atoms with Crippen LogP contribution >= 0.6 is 0 Å². The van der Waals surface area contributed by atoms with E-state index in [2.05, 4.69) is 11.4 Å². The summed E-state index contributed by atoms with van der Waals surface area (Å²) >= 11 is 0. The Hall–Kier alpha value is -2.04. The molecule has 0 aromatic heterocycles. The van der Waals surface area contributed by atoms with Crippen LogP contribution in [-0.4, -0.2) is 35.1 Å². The molecule has 24 heavy (non-hydrogen) atoms. The van der Waals surface area contributed by atoms with E-state index in [9.17, 15) is 9.59 Å². The third-order valence-electron chi connectivity index (χ3n) is 4.70. The summed E-state index contributed by atoms with van der Waals surface area (Å²) < 4.78 is 5.59. The highest BCUT2D eigenvalue weighted by Gasteiger charge is 2.42. The monoisotopic (exact) mass is 330 g/mol. The molecule has 0 saturated carbocycles. The number of carbonyl (C=O) groups is 2. The number of piperidine rings is 1. The molecule has 1 aromatic rings. The molecule has 1 fully saturated rings. The van der Waals surface area contributed by atoms with Crippen LogP contribution < -0.4 is 5.32 Å². The molecule has 0 spiro atoms. The molecular formula is C19H26N2O3. The lowest BCUT2D eigenvalue weighted by Gasteiger charge is -2.38. The highest BCUT2D eigenvalue weighted by Crippen LogP contribution is 2.43. The maximum Gasteiger partial charge on any atom is 0.410 e.